The second kappa shape index (κ2) is 11.6. The first-order valence-electron chi connectivity index (χ1n) is 9.84. The van der Waals surface area contributed by atoms with E-state index >= 15 is 0 Å². The van der Waals surface area contributed by atoms with Gasteiger partial charge in [0.2, 0.25) is 0 Å². The lowest BCUT2D eigenvalue weighted by molar-refractivity contribution is -0.150. The van der Waals surface area contributed by atoms with Crippen LogP contribution < -0.4 is 5.32 Å². The lowest BCUT2D eigenvalue weighted by Gasteiger charge is -2.18. The van der Waals surface area contributed by atoms with E-state index in [1.165, 1.54) is 20.1 Å². The van der Waals surface area contributed by atoms with Crippen LogP contribution in [-0.4, -0.2) is 37.6 Å². The summed E-state index contributed by atoms with van der Waals surface area (Å²) in [6, 6.07) is 16.5. The topological polar surface area (TPSA) is 81.7 Å². The van der Waals surface area contributed by atoms with Crippen LogP contribution in [0, 0.1) is 0 Å². The smallest absolute Gasteiger partial charge is 0.337 e. The normalized spacial score (nSPS) is 12.8. The van der Waals surface area contributed by atoms with Crippen LogP contribution in [0.15, 0.2) is 60.7 Å². The summed E-state index contributed by atoms with van der Waals surface area (Å²) in [6.07, 6.45) is 2.78. The zero-order valence-corrected chi connectivity index (χ0v) is 17.5. The number of carbonyl (C=O) groups is 3. The number of nitrogens with one attached hydrogen (secondary N) is 1. The molecule has 2 aromatic rings. The van der Waals surface area contributed by atoms with Crippen molar-refractivity contribution in [1.82, 2.24) is 5.32 Å². The van der Waals surface area contributed by atoms with Crippen molar-refractivity contribution in [2.45, 2.75) is 32.3 Å². The maximum atomic E-state index is 12.3. The van der Waals surface area contributed by atoms with Gasteiger partial charge >= 0.3 is 11.9 Å². The van der Waals surface area contributed by atoms with E-state index in [1.54, 1.807) is 30.3 Å². The van der Waals surface area contributed by atoms with Gasteiger partial charge in [0.1, 0.15) is 0 Å². The van der Waals surface area contributed by atoms with Crippen LogP contribution in [0.1, 0.15) is 47.7 Å². The zero-order chi connectivity index (χ0) is 21.9. The largest absolute Gasteiger partial charge is 0.465 e. The third-order valence-electron chi connectivity index (χ3n) is 4.69. The van der Waals surface area contributed by atoms with Crippen LogP contribution in [-0.2, 0) is 19.1 Å². The number of hydrogen-bond acceptors (Lipinski definition) is 5. The molecule has 0 fully saturated rings. The van der Waals surface area contributed by atoms with Crippen molar-refractivity contribution in [3.05, 3.63) is 77.4 Å². The van der Waals surface area contributed by atoms with Crippen LogP contribution in [0.2, 0.25) is 0 Å². The van der Waals surface area contributed by atoms with Gasteiger partial charge in [0.25, 0.3) is 5.91 Å². The first kappa shape index (κ1) is 22.9. The molecule has 30 heavy (non-hydrogen) atoms. The molecular formula is C24H27NO5. The number of methoxy groups -OCH3 is 1. The second-order valence-electron chi connectivity index (χ2n) is 6.79. The lowest BCUT2D eigenvalue weighted by Crippen LogP contribution is -2.37. The predicted molar refractivity (Wildman–Crippen MR) is 115 cm³/mol. The van der Waals surface area contributed by atoms with E-state index in [9.17, 15) is 14.4 Å². The van der Waals surface area contributed by atoms with Crippen molar-refractivity contribution in [1.29, 1.82) is 0 Å². The fourth-order valence-electron chi connectivity index (χ4n) is 2.87. The van der Waals surface area contributed by atoms with Crippen molar-refractivity contribution in [2.24, 2.45) is 0 Å². The van der Waals surface area contributed by atoms with Gasteiger partial charge in [-0.1, -0.05) is 49.4 Å². The minimum Gasteiger partial charge on any atom is -0.465 e. The molecule has 0 aliphatic carbocycles. The van der Waals surface area contributed by atoms with Crippen LogP contribution in [0.25, 0.3) is 6.08 Å². The molecule has 0 aliphatic heterocycles. The highest BCUT2D eigenvalue weighted by Crippen LogP contribution is 2.18. The molecule has 2 aromatic carbocycles. The predicted octanol–water partition coefficient (Wildman–Crippen LogP) is 3.73. The summed E-state index contributed by atoms with van der Waals surface area (Å²) in [4.78, 5) is 35.7. The molecule has 2 rings (SSSR count). The Morgan fingerprint density at radius 3 is 2.30 bits per heavy atom. The van der Waals surface area contributed by atoms with Crippen molar-refractivity contribution < 1.29 is 23.9 Å². The summed E-state index contributed by atoms with van der Waals surface area (Å²) in [6.45, 7) is 4.08. The van der Waals surface area contributed by atoms with Crippen molar-refractivity contribution in [3.63, 3.8) is 0 Å². The second-order valence-corrected chi connectivity index (χ2v) is 6.79. The zero-order valence-electron chi connectivity index (χ0n) is 17.5. The molecule has 0 saturated carbocycles. The van der Waals surface area contributed by atoms with Crippen molar-refractivity contribution >= 4 is 23.9 Å². The number of esters is 2. The van der Waals surface area contributed by atoms with Crippen molar-refractivity contribution in [2.75, 3.05) is 13.7 Å². The third kappa shape index (κ3) is 6.88. The quantitative estimate of drug-likeness (QED) is 0.504. The van der Waals surface area contributed by atoms with Gasteiger partial charge < -0.3 is 14.8 Å². The Morgan fingerprint density at radius 1 is 1.03 bits per heavy atom. The molecule has 0 spiro atoms. The average molecular weight is 409 g/mol. The summed E-state index contributed by atoms with van der Waals surface area (Å²) in [7, 11) is 1.31. The van der Waals surface area contributed by atoms with E-state index in [0.717, 1.165) is 12.0 Å². The van der Waals surface area contributed by atoms with Gasteiger partial charge in [0, 0.05) is 18.5 Å². The molecule has 1 amide bonds. The Morgan fingerprint density at radius 2 is 1.70 bits per heavy atom. The molecule has 158 valence electrons. The highest BCUT2D eigenvalue weighted by atomic mass is 16.5. The minimum atomic E-state index is -0.905. The highest BCUT2D eigenvalue weighted by Gasteiger charge is 2.18. The Labute approximate surface area is 176 Å². The lowest BCUT2D eigenvalue weighted by atomic mass is 9.96. The Balaban J connectivity index is 1.83. The van der Waals surface area contributed by atoms with Crippen LogP contribution in [0.4, 0.5) is 0 Å². The van der Waals surface area contributed by atoms with Gasteiger partial charge in [-0.3, -0.25) is 4.79 Å². The number of ether oxygens (including phenoxy) is 2. The molecular weight excluding hydrogens is 382 g/mol. The molecule has 6 nitrogen and oxygen atoms in total. The molecule has 0 aliphatic rings. The third-order valence-corrected chi connectivity index (χ3v) is 4.69. The van der Waals surface area contributed by atoms with E-state index in [2.05, 4.69) is 17.0 Å². The van der Waals surface area contributed by atoms with Crippen LogP contribution in [0.3, 0.4) is 0 Å². The number of hydrogen-bond donors (Lipinski definition) is 1. The number of amides is 1. The van der Waals surface area contributed by atoms with Crippen molar-refractivity contribution in [3.8, 4) is 0 Å². The average Bonchev–Trinajstić information content (AvgIpc) is 2.78. The maximum Gasteiger partial charge on any atom is 0.337 e. The summed E-state index contributed by atoms with van der Waals surface area (Å²) in [5.41, 5.74) is 2.29. The molecule has 0 aromatic heterocycles. The first-order valence-corrected chi connectivity index (χ1v) is 9.84. The summed E-state index contributed by atoms with van der Waals surface area (Å²) in [5.74, 6) is -1.19. The van der Waals surface area contributed by atoms with Gasteiger partial charge in [0.05, 0.1) is 12.7 Å². The van der Waals surface area contributed by atoms with Crippen LogP contribution >= 0.6 is 0 Å². The Hall–Kier alpha value is -3.41. The van der Waals surface area contributed by atoms with E-state index in [1.807, 2.05) is 30.3 Å². The van der Waals surface area contributed by atoms with Gasteiger partial charge in [0.15, 0.2) is 6.10 Å². The molecule has 1 N–H and O–H groups in total. The molecule has 0 bridgehead atoms. The molecule has 2 atom stereocenters. The van der Waals surface area contributed by atoms with Gasteiger partial charge in [-0.25, -0.2) is 9.59 Å². The standard InChI is InChI=1S/C24H27NO5/c1-4-19(20-8-6-5-7-9-20)16-25-23(27)17(2)30-22(26)15-12-18-10-13-21(14-11-18)24(28)29-3/h5-15,17,19H,4,16H2,1-3H3,(H,25,27)/b15-12+/t17-,19+/m1/s1. The molecule has 0 saturated heterocycles. The summed E-state index contributed by atoms with van der Waals surface area (Å²) >= 11 is 0. The summed E-state index contributed by atoms with van der Waals surface area (Å²) < 4.78 is 9.81. The van der Waals surface area contributed by atoms with Gasteiger partial charge in [-0.05, 0) is 42.7 Å². The fourth-order valence-corrected chi connectivity index (χ4v) is 2.87. The van der Waals surface area contributed by atoms with E-state index in [0.29, 0.717) is 17.7 Å². The Kier molecular flexibility index (Phi) is 8.81. The van der Waals surface area contributed by atoms with Crippen LogP contribution in [0.5, 0.6) is 0 Å². The van der Waals surface area contributed by atoms with Gasteiger partial charge in [-0.2, -0.15) is 0 Å². The first-order chi connectivity index (χ1) is 14.4. The minimum absolute atomic E-state index is 0.200. The number of benzene rings is 2. The fraction of sp³-hybridized carbons (Fsp3) is 0.292. The SMILES string of the molecule is CC[C@@H](CNC(=O)[C@@H](C)OC(=O)/C=C/c1ccc(C(=O)OC)cc1)c1ccccc1. The molecule has 0 unspecified atom stereocenters. The van der Waals surface area contributed by atoms with Gasteiger partial charge in [-0.15, -0.1) is 0 Å². The number of rotatable bonds is 9. The molecule has 0 radical (unpaired) electrons. The van der Waals surface area contributed by atoms with E-state index in [-0.39, 0.29) is 11.8 Å². The molecule has 6 heteroatoms. The van der Waals surface area contributed by atoms with E-state index in [4.69, 9.17) is 4.74 Å². The Bertz CT molecular complexity index is 874. The monoisotopic (exact) mass is 409 g/mol. The highest BCUT2D eigenvalue weighted by molar-refractivity contribution is 5.91. The summed E-state index contributed by atoms with van der Waals surface area (Å²) in [5, 5.41) is 2.85. The maximum absolute atomic E-state index is 12.3. The number of carbonyl (C=O) groups excluding carboxylic acids is 3. The molecule has 0 heterocycles. The van der Waals surface area contributed by atoms with E-state index < -0.39 is 18.0 Å².